The van der Waals surface area contributed by atoms with E-state index < -0.39 is 51.5 Å². The zero-order chi connectivity index (χ0) is 18.9. The molecule has 0 aliphatic rings. The maximum absolute atomic E-state index is 13.9. The van der Waals surface area contributed by atoms with Gasteiger partial charge in [0, 0.05) is 11.4 Å². The molecule has 0 unspecified atom stereocenters. The SMILES string of the molecule is C[C@@H](N[S@+]([O-])C(C)(C)C)c1cc(NC(=O)O)c(F)c(C(F)(F)F)c1. The number of halogens is 4. The molecule has 0 aliphatic heterocycles. The lowest BCUT2D eigenvalue weighted by molar-refractivity contribution is -0.140. The van der Waals surface area contributed by atoms with Crippen molar-refractivity contribution in [2.75, 3.05) is 5.32 Å². The van der Waals surface area contributed by atoms with E-state index in [-0.39, 0.29) is 5.56 Å². The van der Waals surface area contributed by atoms with Crippen LogP contribution in [0.5, 0.6) is 0 Å². The average Bonchev–Trinajstić information content (AvgIpc) is 2.37. The lowest BCUT2D eigenvalue weighted by atomic mass is 10.0. The average molecular weight is 370 g/mol. The summed E-state index contributed by atoms with van der Waals surface area (Å²) in [7, 11) is 0. The van der Waals surface area contributed by atoms with Crippen molar-refractivity contribution in [3.63, 3.8) is 0 Å². The summed E-state index contributed by atoms with van der Waals surface area (Å²) >= 11 is -1.58. The van der Waals surface area contributed by atoms with Gasteiger partial charge in [-0.2, -0.15) is 13.2 Å². The molecule has 0 aliphatic carbocycles. The predicted molar refractivity (Wildman–Crippen MR) is 82.5 cm³/mol. The Kier molecular flexibility index (Phi) is 6.12. The third-order valence-corrected chi connectivity index (χ3v) is 4.66. The van der Waals surface area contributed by atoms with Crippen LogP contribution in [0.15, 0.2) is 12.1 Å². The number of hydrogen-bond donors (Lipinski definition) is 3. The number of rotatable bonds is 4. The molecular formula is C14H18F4N2O3S. The Morgan fingerprint density at radius 2 is 1.83 bits per heavy atom. The van der Waals surface area contributed by atoms with Crippen molar-refractivity contribution in [1.82, 2.24) is 4.72 Å². The molecule has 10 heteroatoms. The van der Waals surface area contributed by atoms with Gasteiger partial charge in [-0.1, -0.05) is 0 Å². The first kappa shape index (κ1) is 20.5. The second-order valence-corrected chi connectivity index (χ2v) is 8.08. The van der Waals surface area contributed by atoms with E-state index in [1.165, 1.54) is 6.92 Å². The Morgan fingerprint density at radius 3 is 2.25 bits per heavy atom. The van der Waals surface area contributed by atoms with Crippen LogP contribution in [-0.4, -0.2) is 20.5 Å². The Morgan fingerprint density at radius 1 is 1.29 bits per heavy atom. The van der Waals surface area contributed by atoms with Crippen LogP contribution in [0.4, 0.5) is 28.0 Å². The van der Waals surface area contributed by atoms with Crippen molar-refractivity contribution in [3.05, 3.63) is 29.1 Å². The minimum absolute atomic E-state index is 0.0509. The molecule has 0 heterocycles. The Bertz CT molecular complexity index is 617. The second kappa shape index (κ2) is 7.16. The van der Waals surface area contributed by atoms with Crippen LogP contribution in [0.3, 0.4) is 0 Å². The van der Waals surface area contributed by atoms with Gasteiger partial charge in [0.2, 0.25) is 0 Å². The van der Waals surface area contributed by atoms with E-state index in [0.717, 1.165) is 6.07 Å². The van der Waals surface area contributed by atoms with Gasteiger partial charge >= 0.3 is 12.3 Å². The minimum atomic E-state index is -5.00. The van der Waals surface area contributed by atoms with Gasteiger partial charge in [-0.3, -0.25) is 5.32 Å². The first-order valence-corrected chi connectivity index (χ1v) is 7.97. The molecule has 2 atom stereocenters. The lowest BCUT2D eigenvalue weighted by Crippen LogP contribution is -2.40. The monoisotopic (exact) mass is 370 g/mol. The normalized spacial score (nSPS) is 15.0. The van der Waals surface area contributed by atoms with Crippen LogP contribution in [0.1, 0.15) is 44.9 Å². The van der Waals surface area contributed by atoms with Crippen LogP contribution >= 0.6 is 0 Å². The third kappa shape index (κ3) is 5.25. The number of anilines is 1. The molecule has 1 aromatic rings. The highest BCUT2D eigenvalue weighted by Crippen LogP contribution is 2.36. The van der Waals surface area contributed by atoms with Gasteiger partial charge in [0.15, 0.2) is 5.82 Å². The Hall–Kier alpha value is -1.52. The molecule has 1 amide bonds. The van der Waals surface area contributed by atoms with E-state index in [2.05, 4.69) is 4.72 Å². The first-order chi connectivity index (χ1) is 10.7. The number of hydrogen-bond acceptors (Lipinski definition) is 3. The van der Waals surface area contributed by atoms with Crippen molar-refractivity contribution in [2.24, 2.45) is 0 Å². The Balaban J connectivity index is 3.30. The van der Waals surface area contributed by atoms with Gasteiger partial charge in [0.1, 0.15) is 4.75 Å². The van der Waals surface area contributed by atoms with Crippen molar-refractivity contribution in [1.29, 1.82) is 0 Å². The van der Waals surface area contributed by atoms with Crippen molar-refractivity contribution in [3.8, 4) is 0 Å². The lowest BCUT2D eigenvalue weighted by Gasteiger charge is -2.27. The summed E-state index contributed by atoms with van der Waals surface area (Å²) in [6.07, 6.45) is -6.70. The van der Waals surface area contributed by atoms with Gasteiger partial charge in [-0.15, -0.1) is 4.72 Å². The molecule has 0 spiro atoms. The molecule has 0 saturated carbocycles. The van der Waals surface area contributed by atoms with Crippen LogP contribution < -0.4 is 10.0 Å². The maximum atomic E-state index is 13.9. The highest BCUT2D eigenvalue weighted by atomic mass is 32.2. The van der Waals surface area contributed by atoms with Crippen LogP contribution in [0.2, 0.25) is 0 Å². The number of amides is 1. The summed E-state index contributed by atoms with van der Waals surface area (Å²) in [4.78, 5) is 10.6. The van der Waals surface area contributed by atoms with Gasteiger partial charge in [-0.25, -0.2) is 9.18 Å². The summed E-state index contributed by atoms with van der Waals surface area (Å²) < 4.78 is 66.8. The molecule has 0 bridgehead atoms. The summed E-state index contributed by atoms with van der Waals surface area (Å²) in [5.41, 5.74) is -2.47. The molecule has 0 radical (unpaired) electrons. The van der Waals surface area contributed by atoms with Crippen LogP contribution in [-0.2, 0) is 17.5 Å². The van der Waals surface area contributed by atoms with E-state index in [1.807, 2.05) is 0 Å². The molecule has 5 nitrogen and oxygen atoms in total. The molecule has 136 valence electrons. The molecule has 24 heavy (non-hydrogen) atoms. The number of carboxylic acid groups (broad SMARTS) is 1. The molecule has 1 rings (SSSR count). The highest BCUT2D eigenvalue weighted by Gasteiger charge is 2.37. The van der Waals surface area contributed by atoms with Crippen LogP contribution in [0, 0.1) is 5.82 Å². The van der Waals surface area contributed by atoms with Crippen molar-refractivity contribution in [2.45, 2.75) is 44.7 Å². The van der Waals surface area contributed by atoms with Crippen molar-refractivity contribution >= 4 is 23.1 Å². The summed E-state index contributed by atoms with van der Waals surface area (Å²) in [5.74, 6) is -1.71. The summed E-state index contributed by atoms with van der Waals surface area (Å²) in [5, 5.41) is 10.2. The zero-order valence-corrected chi connectivity index (χ0v) is 14.2. The van der Waals surface area contributed by atoms with Gasteiger partial charge in [0.25, 0.3) is 0 Å². The fourth-order valence-corrected chi connectivity index (χ4v) is 2.53. The standard InChI is InChI=1S/C14H18F4N2O3S/c1-7(20-24(23)13(2,3)4)8-5-9(14(16,17)18)11(15)10(6-8)19-12(21)22/h5-7,19-20H,1-4H3,(H,21,22)/t7-,24-/m1/s1. The van der Waals surface area contributed by atoms with E-state index in [9.17, 15) is 26.9 Å². The largest absolute Gasteiger partial charge is 0.598 e. The van der Waals surface area contributed by atoms with Gasteiger partial charge in [-0.05, 0) is 45.4 Å². The molecule has 0 aromatic heterocycles. The van der Waals surface area contributed by atoms with Crippen LogP contribution in [0.25, 0.3) is 0 Å². The molecule has 3 N–H and O–H groups in total. The molecule has 0 fully saturated rings. The molecule has 0 saturated heterocycles. The van der Waals surface area contributed by atoms with E-state index >= 15 is 0 Å². The fourth-order valence-electron chi connectivity index (χ4n) is 1.71. The van der Waals surface area contributed by atoms with E-state index in [1.54, 1.807) is 26.1 Å². The predicted octanol–water partition coefficient (Wildman–Crippen LogP) is 4.05. The quantitative estimate of drug-likeness (QED) is 0.551. The third-order valence-electron chi connectivity index (χ3n) is 2.98. The molecular weight excluding hydrogens is 352 g/mol. The highest BCUT2D eigenvalue weighted by molar-refractivity contribution is 7.90. The summed E-state index contributed by atoms with van der Waals surface area (Å²) in [6, 6.07) is 0.678. The fraction of sp³-hybridized carbons (Fsp3) is 0.500. The second-order valence-electron chi connectivity index (χ2n) is 6.08. The first-order valence-electron chi connectivity index (χ1n) is 6.82. The minimum Gasteiger partial charge on any atom is -0.598 e. The van der Waals surface area contributed by atoms with E-state index in [0.29, 0.717) is 6.07 Å². The van der Waals surface area contributed by atoms with E-state index in [4.69, 9.17) is 5.11 Å². The van der Waals surface area contributed by atoms with Gasteiger partial charge < -0.3 is 9.66 Å². The number of alkyl halides is 3. The number of carbonyl (C=O) groups is 1. The topological polar surface area (TPSA) is 84.4 Å². The number of nitrogens with one attached hydrogen (secondary N) is 2. The number of benzene rings is 1. The van der Waals surface area contributed by atoms with Crippen molar-refractivity contribution < 1.29 is 32.0 Å². The molecule has 1 aromatic carbocycles. The smallest absolute Gasteiger partial charge is 0.419 e. The van der Waals surface area contributed by atoms with Gasteiger partial charge in [0.05, 0.1) is 17.3 Å². The Labute approximate surface area is 139 Å². The summed E-state index contributed by atoms with van der Waals surface area (Å²) in [6.45, 7) is 6.46. The maximum Gasteiger partial charge on any atom is 0.419 e. The zero-order valence-electron chi connectivity index (χ0n) is 13.4.